The number of piperazine rings is 1. The smallest absolute Gasteiger partial charge is 0.341 e. The van der Waals surface area contributed by atoms with Crippen molar-refractivity contribution < 1.29 is 19.0 Å². The molecule has 8 nitrogen and oxygen atoms in total. The number of carbonyl (C=O) groups is 1. The number of carbonyl (C=O) groups excluding carboxylic acids is 1. The largest absolute Gasteiger partial charge is 0.497 e. The van der Waals surface area contributed by atoms with E-state index in [2.05, 4.69) is 33.2 Å². The summed E-state index contributed by atoms with van der Waals surface area (Å²) < 4.78 is 16.7. The lowest BCUT2D eigenvalue weighted by Gasteiger charge is -2.35. The summed E-state index contributed by atoms with van der Waals surface area (Å²) in [5, 5.41) is 4.34. The van der Waals surface area contributed by atoms with E-state index < -0.39 is 5.97 Å². The lowest BCUT2D eigenvalue weighted by Crippen LogP contribution is -2.44. The Labute approximate surface area is 206 Å². The van der Waals surface area contributed by atoms with Crippen LogP contribution in [0.3, 0.4) is 0 Å². The Kier molecular flexibility index (Phi) is 7.60. The van der Waals surface area contributed by atoms with E-state index >= 15 is 0 Å². The minimum Gasteiger partial charge on any atom is -0.497 e. The highest BCUT2D eigenvalue weighted by atomic mass is 16.5. The maximum absolute atomic E-state index is 12.9. The number of hydrogen-bond acceptors (Lipinski definition) is 8. The monoisotopic (exact) mass is 478 g/mol. The van der Waals surface area contributed by atoms with E-state index in [1.54, 1.807) is 20.2 Å². The molecule has 186 valence electrons. The topological polar surface area (TPSA) is 76.2 Å². The minimum absolute atomic E-state index is 0.285. The predicted molar refractivity (Wildman–Crippen MR) is 140 cm³/mol. The summed E-state index contributed by atoms with van der Waals surface area (Å²) in [5.74, 6) is 1.16. The molecular weight excluding hydrogens is 444 g/mol. The zero-order chi connectivity index (χ0) is 24.9. The van der Waals surface area contributed by atoms with Crippen LogP contribution in [0.25, 0.3) is 10.9 Å². The van der Waals surface area contributed by atoms with Gasteiger partial charge in [0.25, 0.3) is 0 Å². The van der Waals surface area contributed by atoms with Crippen molar-refractivity contribution in [1.29, 1.82) is 0 Å². The van der Waals surface area contributed by atoms with Gasteiger partial charge in [0, 0.05) is 49.5 Å². The fraction of sp³-hybridized carbons (Fsp3) is 0.407. The van der Waals surface area contributed by atoms with Crippen LogP contribution >= 0.6 is 0 Å². The number of fused-ring (bicyclic) bond motifs is 1. The molecule has 0 spiro atoms. The Morgan fingerprint density at radius 3 is 2.51 bits per heavy atom. The molecule has 4 rings (SSSR count). The number of aromatic nitrogens is 1. The molecule has 1 saturated heterocycles. The molecule has 8 heteroatoms. The summed E-state index contributed by atoms with van der Waals surface area (Å²) in [7, 11) is 3.78. The van der Waals surface area contributed by atoms with E-state index in [4.69, 9.17) is 14.2 Å². The van der Waals surface area contributed by atoms with Crippen LogP contribution in [-0.4, -0.2) is 69.4 Å². The van der Waals surface area contributed by atoms with E-state index in [0.717, 1.165) is 65.5 Å². The third-order valence-corrected chi connectivity index (χ3v) is 6.28. The molecule has 0 bridgehead atoms. The minimum atomic E-state index is -0.411. The molecule has 35 heavy (non-hydrogen) atoms. The van der Waals surface area contributed by atoms with Gasteiger partial charge in [-0.1, -0.05) is 0 Å². The number of ether oxygens (including phenoxy) is 3. The average molecular weight is 479 g/mol. The fourth-order valence-corrected chi connectivity index (χ4v) is 4.31. The van der Waals surface area contributed by atoms with Crippen LogP contribution in [0.15, 0.2) is 36.5 Å². The second kappa shape index (κ2) is 10.8. The third kappa shape index (κ3) is 5.27. The van der Waals surface area contributed by atoms with Gasteiger partial charge < -0.3 is 29.3 Å². The molecule has 0 amide bonds. The van der Waals surface area contributed by atoms with E-state index in [-0.39, 0.29) is 6.61 Å². The lowest BCUT2D eigenvalue weighted by molar-refractivity contribution is 0.0527. The lowest BCUT2D eigenvalue weighted by atomic mass is 10.1. The molecule has 1 aliphatic rings. The van der Waals surface area contributed by atoms with E-state index in [1.807, 2.05) is 38.1 Å². The fourth-order valence-electron chi connectivity index (χ4n) is 4.31. The molecule has 3 aromatic rings. The van der Waals surface area contributed by atoms with Crippen molar-refractivity contribution >= 4 is 33.9 Å². The van der Waals surface area contributed by atoms with Crippen molar-refractivity contribution in [2.75, 3.05) is 63.8 Å². The summed E-state index contributed by atoms with van der Waals surface area (Å²) in [6.07, 6.45) is 1.58. The van der Waals surface area contributed by atoms with Crippen LogP contribution < -0.4 is 19.7 Å². The standard InChI is InChI=1S/C27H34N4O4/c1-6-34-25-16-23-20(15-24(25)31-12-10-30(4)11-13-31)26(21(17-28-23)27(32)35-7-2)29-22-9-8-19(33-5)14-18(22)3/h8-9,14-17H,6-7,10-13H2,1-5H3,(H,28,29). The first kappa shape index (κ1) is 24.6. The number of esters is 1. The summed E-state index contributed by atoms with van der Waals surface area (Å²) in [6.45, 7) is 10.4. The molecule has 0 unspecified atom stereocenters. The number of nitrogens with one attached hydrogen (secondary N) is 1. The first-order valence-electron chi connectivity index (χ1n) is 12.1. The van der Waals surface area contributed by atoms with Gasteiger partial charge in [0.2, 0.25) is 0 Å². The van der Waals surface area contributed by atoms with Crippen molar-refractivity contribution in [1.82, 2.24) is 9.88 Å². The Hall–Kier alpha value is -3.52. The molecule has 0 saturated carbocycles. The molecule has 2 aromatic carbocycles. The van der Waals surface area contributed by atoms with E-state index in [9.17, 15) is 4.79 Å². The summed E-state index contributed by atoms with van der Waals surface area (Å²) in [6, 6.07) is 9.85. The zero-order valence-electron chi connectivity index (χ0n) is 21.2. The first-order valence-corrected chi connectivity index (χ1v) is 12.1. The highest BCUT2D eigenvalue weighted by molar-refractivity contribution is 6.07. The van der Waals surface area contributed by atoms with Gasteiger partial charge in [-0.05, 0) is 57.6 Å². The van der Waals surface area contributed by atoms with Gasteiger partial charge in [0.1, 0.15) is 17.1 Å². The van der Waals surface area contributed by atoms with Gasteiger partial charge in [-0.3, -0.25) is 4.98 Å². The third-order valence-electron chi connectivity index (χ3n) is 6.28. The van der Waals surface area contributed by atoms with Crippen LogP contribution in [0, 0.1) is 6.92 Å². The van der Waals surface area contributed by atoms with Crippen LogP contribution in [0.2, 0.25) is 0 Å². The van der Waals surface area contributed by atoms with Crippen LogP contribution in [0.1, 0.15) is 29.8 Å². The SMILES string of the molecule is CCOC(=O)c1cnc2cc(OCC)c(N3CCN(C)CC3)cc2c1Nc1ccc(OC)cc1C. The summed E-state index contributed by atoms with van der Waals surface area (Å²) in [4.78, 5) is 22.2. The highest BCUT2D eigenvalue weighted by Crippen LogP contribution is 2.39. The number of aryl methyl sites for hydroxylation is 1. The van der Waals surface area contributed by atoms with Crippen molar-refractivity contribution in [3.05, 3.63) is 47.7 Å². The number of benzene rings is 2. The van der Waals surface area contributed by atoms with Crippen molar-refractivity contribution in [2.24, 2.45) is 0 Å². The van der Waals surface area contributed by atoms with Gasteiger partial charge in [-0.2, -0.15) is 0 Å². The quantitative estimate of drug-likeness (QED) is 0.470. The van der Waals surface area contributed by atoms with Gasteiger partial charge in [-0.15, -0.1) is 0 Å². The number of rotatable bonds is 8. The summed E-state index contributed by atoms with van der Waals surface area (Å²) in [5.41, 5.74) is 4.68. The molecule has 0 atom stereocenters. The molecule has 1 aliphatic heterocycles. The number of nitrogens with zero attached hydrogens (tertiary/aromatic N) is 3. The van der Waals surface area contributed by atoms with Gasteiger partial charge >= 0.3 is 5.97 Å². The Morgan fingerprint density at radius 1 is 1.09 bits per heavy atom. The van der Waals surface area contributed by atoms with Crippen molar-refractivity contribution in [3.63, 3.8) is 0 Å². The molecule has 2 heterocycles. The number of anilines is 3. The second-order valence-electron chi connectivity index (χ2n) is 8.63. The molecular formula is C27H34N4O4. The highest BCUT2D eigenvalue weighted by Gasteiger charge is 2.23. The number of likely N-dealkylation sites (N-methyl/N-ethyl adjacent to an activating group) is 1. The molecule has 1 N–H and O–H groups in total. The van der Waals surface area contributed by atoms with Crippen molar-refractivity contribution in [2.45, 2.75) is 20.8 Å². The van der Waals surface area contributed by atoms with Gasteiger partial charge in [-0.25, -0.2) is 4.79 Å². The zero-order valence-corrected chi connectivity index (χ0v) is 21.2. The number of hydrogen-bond donors (Lipinski definition) is 1. The van der Waals surface area contributed by atoms with E-state index in [0.29, 0.717) is 17.9 Å². The van der Waals surface area contributed by atoms with Crippen molar-refractivity contribution in [3.8, 4) is 11.5 Å². The predicted octanol–water partition coefficient (Wildman–Crippen LogP) is 4.62. The average Bonchev–Trinajstić information content (AvgIpc) is 2.85. The normalized spacial score (nSPS) is 14.1. The van der Waals surface area contributed by atoms with Crippen LogP contribution in [0.4, 0.5) is 17.1 Å². The molecule has 1 fully saturated rings. The number of methoxy groups -OCH3 is 1. The van der Waals surface area contributed by atoms with Gasteiger partial charge in [0.15, 0.2) is 0 Å². The Bertz CT molecular complexity index is 1210. The Morgan fingerprint density at radius 2 is 1.86 bits per heavy atom. The second-order valence-corrected chi connectivity index (χ2v) is 8.63. The summed E-state index contributed by atoms with van der Waals surface area (Å²) >= 11 is 0. The molecule has 0 radical (unpaired) electrons. The van der Waals surface area contributed by atoms with Gasteiger partial charge in [0.05, 0.1) is 37.2 Å². The molecule has 1 aromatic heterocycles. The van der Waals surface area contributed by atoms with E-state index in [1.165, 1.54) is 0 Å². The molecule has 0 aliphatic carbocycles. The van der Waals surface area contributed by atoms with Crippen LogP contribution in [0.5, 0.6) is 11.5 Å². The number of pyridine rings is 1. The first-order chi connectivity index (χ1) is 16.9. The maximum Gasteiger partial charge on any atom is 0.341 e. The Balaban J connectivity index is 1.88. The van der Waals surface area contributed by atoms with Crippen LogP contribution in [-0.2, 0) is 4.74 Å². The maximum atomic E-state index is 12.9.